The second kappa shape index (κ2) is 9.69. The van der Waals surface area contributed by atoms with Crippen LogP contribution < -0.4 is 11.1 Å². The molecule has 160 valence electrons. The van der Waals surface area contributed by atoms with Gasteiger partial charge in [-0.05, 0) is 70.4 Å². The van der Waals surface area contributed by atoms with Gasteiger partial charge in [0.25, 0.3) is 0 Å². The Hall–Kier alpha value is -1.96. The normalized spacial score (nSPS) is 11.9. The smallest absolute Gasteiger partial charge is 0.0410 e. The van der Waals surface area contributed by atoms with E-state index in [1.165, 1.54) is 39.1 Å². The molecule has 0 saturated carbocycles. The molecule has 2 nitrogen and oxygen atoms in total. The van der Waals surface area contributed by atoms with Crippen LogP contribution in [-0.4, -0.2) is 6.54 Å². The van der Waals surface area contributed by atoms with Crippen LogP contribution in [0, 0.1) is 0 Å². The largest absolute Gasteiger partial charge is 0.398 e. The molecule has 0 aliphatic carbocycles. The molecule has 0 aliphatic heterocycles. The van der Waals surface area contributed by atoms with Gasteiger partial charge in [0, 0.05) is 17.9 Å². The highest BCUT2D eigenvalue weighted by atomic mass is 14.9. The van der Waals surface area contributed by atoms with Crippen molar-refractivity contribution >= 4 is 11.4 Å². The van der Waals surface area contributed by atoms with Crippen LogP contribution in [0.1, 0.15) is 119 Å². The van der Waals surface area contributed by atoms with Crippen molar-refractivity contribution in [1.82, 2.24) is 0 Å². The average Bonchev–Trinajstić information content (AvgIpc) is 2.63. The third-order valence-corrected chi connectivity index (χ3v) is 5.81. The van der Waals surface area contributed by atoms with Gasteiger partial charge in [0.05, 0.1) is 0 Å². The van der Waals surface area contributed by atoms with Gasteiger partial charge in [-0.2, -0.15) is 0 Å². The van der Waals surface area contributed by atoms with Crippen LogP contribution in [0.2, 0.25) is 0 Å². The summed E-state index contributed by atoms with van der Waals surface area (Å²) in [7, 11) is 0. The van der Waals surface area contributed by atoms with Gasteiger partial charge < -0.3 is 11.1 Å². The first kappa shape index (κ1) is 23.3. The summed E-state index contributed by atoms with van der Waals surface area (Å²) < 4.78 is 0. The summed E-state index contributed by atoms with van der Waals surface area (Å²) >= 11 is 0. The number of benzene rings is 2. The van der Waals surface area contributed by atoms with E-state index in [1.54, 1.807) is 0 Å². The number of hydrogen-bond donors (Lipinski definition) is 2. The predicted molar refractivity (Wildman–Crippen MR) is 131 cm³/mol. The number of rotatable bonds is 8. The van der Waals surface area contributed by atoms with E-state index in [9.17, 15) is 0 Å². The van der Waals surface area contributed by atoms with Crippen molar-refractivity contribution in [2.24, 2.45) is 0 Å². The van der Waals surface area contributed by atoms with Crippen LogP contribution in [0.3, 0.4) is 0 Å². The minimum atomic E-state index is 0.432. The van der Waals surface area contributed by atoms with Gasteiger partial charge in [-0.15, -0.1) is 0 Å². The first-order valence-corrected chi connectivity index (χ1v) is 11.4. The number of hydrogen-bond acceptors (Lipinski definition) is 2. The molecule has 0 heterocycles. The summed E-state index contributed by atoms with van der Waals surface area (Å²) in [5.74, 6) is 1.85. The Labute approximate surface area is 179 Å². The molecule has 3 N–H and O–H groups in total. The standard InChI is InChI=1S/C27H42N2/c1-10-29-27-24(18(6)7)14-21(15-25(27)19(8)9)11-20-12-22(16(2)3)26(28)23(13-20)17(4)5/h12-19,29H,10-11,28H2,1-9H3. The topological polar surface area (TPSA) is 38.0 Å². The third-order valence-electron chi connectivity index (χ3n) is 5.81. The highest BCUT2D eigenvalue weighted by Gasteiger charge is 2.17. The Bertz CT molecular complexity index is 770. The maximum atomic E-state index is 6.52. The molecule has 2 aromatic rings. The maximum absolute atomic E-state index is 6.52. The van der Waals surface area contributed by atoms with Crippen molar-refractivity contribution in [2.45, 2.75) is 92.4 Å². The van der Waals surface area contributed by atoms with Crippen molar-refractivity contribution in [3.8, 4) is 0 Å². The van der Waals surface area contributed by atoms with Crippen LogP contribution >= 0.6 is 0 Å². The minimum Gasteiger partial charge on any atom is -0.398 e. The van der Waals surface area contributed by atoms with E-state index in [4.69, 9.17) is 5.73 Å². The van der Waals surface area contributed by atoms with Gasteiger partial charge in [-0.1, -0.05) is 79.7 Å². The quantitative estimate of drug-likeness (QED) is 0.448. The Kier molecular flexibility index (Phi) is 7.80. The van der Waals surface area contributed by atoms with Gasteiger partial charge in [0.15, 0.2) is 0 Å². The summed E-state index contributed by atoms with van der Waals surface area (Å²) in [6.07, 6.45) is 0.950. The van der Waals surface area contributed by atoms with E-state index in [1.807, 2.05) is 0 Å². The molecule has 0 fully saturated rings. The maximum Gasteiger partial charge on any atom is 0.0410 e. The summed E-state index contributed by atoms with van der Waals surface area (Å²) in [4.78, 5) is 0. The molecule has 0 aliphatic rings. The van der Waals surface area contributed by atoms with E-state index in [2.05, 4.69) is 91.9 Å². The zero-order chi connectivity index (χ0) is 21.9. The fourth-order valence-electron chi connectivity index (χ4n) is 4.20. The second-order valence-corrected chi connectivity index (χ2v) is 9.66. The van der Waals surface area contributed by atoms with E-state index < -0.39 is 0 Å². The lowest BCUT2D eigenvalue weighted by molar-refractivity contribution is 0.826. The highest BCUT2D eigenvalue weighted by Crippen LogP contribution is 2.36. The number of nitrogens with one attached hydrogen (secondary N) is 1. The Morgan fingerprint density at radius 3 is 1.31 bits per heavy atom. The minimum absolute atomic E-state index is 0.432. The monoisotopic (exact) mass is 394 g/mol. The molecule has 0 bridgehead atoms. The fourth-order valence-corrected chi connectivity index (χ4v) is 4.20. The Balaban J connectivity index is 2.59. The highest BCUT2D eigenvalue weighted by molar-refractivity contribution is 5.63. The number of anilines is 2. The first-order chi connectivity index (χ1) is 13.6. The fraction of sp³-hybridized carbons (Fsp3) is 0.556. The lowest BCUT2D eigenvalue weighted by atomic mass is 9.86. The Morgan fingerprint density at radius 2 is 1.00 bits per heavy atom. The van der Waals surface area contributed by atoms with Gasteiger partial charge in [-0.25, -0.2) is 0 Å². The second-order valence-electron chi connectivity index (χ2n) is 9.66. The third kappa shape index (κ3) is 5.35. The van der Waals surface area contributed by atoms with E-state index >= 15 is 0 Å². The predicted octanol–water partition coefficient (Wildman–Crippen LogP) is 7.79. The number of nitrogens with two attached hydrogens (primary N) is 1. The van der Waals surface area contributed by atoms with Crippen LogP contribution in [0.5, 0.6) is 0 Å². The molecule has 0 aromatic heterocycles. The molecule has 2 rings (SSSR count). The first-order valence-electron chi connectivity index (χ1n) is 11.4. The number of nitrogen functional groups attached to an aromatic ring is 1. The Morgan fingerprint density at radius 1 is 0.655 bits per heavy atom. The molecule has 0 saturated heterocycles. The zero-order valence-electron chi connectivity index (χ0n) is 20.1. The van der Waals surface area contributed by atoms with Crippen molar-refractivity contribution < 1.29 is 0 Å². The molecule has 0 atom stereocenters. The molecular weight excluding hydrogens is 352 g/mol. The van der Waals surface area contributed by atoms with E-state index in [-0.39, 0.29) is 0 Å². The van der Waals surface area contributed by atoms with Gasteiger partial charge in [0.2, 0.25) is 0 Å². The summed E-state index contributed by atoms with van der Waals surface area (Å²) in [6, 6.07) is 9.48. The van der Waals surface area contributed by atoms with E-state index in [0.29, 0.717) is 23.7 Å². The molecule has 2 aromatic carbocycles. The van der Waals surface area contributed by atoms with Crippen LogP contribution in [0.25, 0.3) is 0 Å². The van der Waals surface area contributed by atoms with E-state index in [0.717, 1.165) is 18.7 Å². The summed E-state index contributed by atoms with van der Waals surface area (Å²) in [6.45, 7) is 21.2. The molecule has 0 radical (unpaired) electrons. The van der Waals surface area contributed by atoms with Gasteiger partial charge in [0.1, 0.15) is 0 Å². The molecule has 2 heteroatoms. The molecule has 29 heavy (non-hydrogen) atoms. The van der Waals surface area contributed by atoms with Crippen molar-refractivity contribution in [2.75, 3.05) is 17.6 Å². The van der Waals surface area contributed by atoms with Gasteiger partial charge in [-0.3, -0.25) is 0 Å². The van der Waals surface area contributed by atoms with Crippen molar-refractivity contribution in [3.05, 3.63) is 57.6 Å². The molecular formula is C27H42N2. The SMILES string of the molecule is CCNc1c(C(C)C)cc(Cc2cc(C(C)C)c(N)c(C(C)C)c2)cc1C(C)C. The molecule has 0 amide bonds. The van der Waals surface area contributed by atoms with Crippen LogP contribution in [0.15, 0.2) is 24.3 Å². The lowest BCUT2D eigenvalue weighted by Gasteiger charge is -2.23. The average molecular weight is 395 g/mol. The molecule has 0 spiro atoms. The van der Waals surface area contributed by atoms with Crippen LogP contribution in [0.4, 0.5) is 11.4 Å². The summed E-state index contributed by atoms with van der Waals surface area (Å²) in [5, 5.41) is 3.64. The molecule has 0 unspecified atom stereocenters. The van der Waals surface area contributed by atoms with Crippen molar-refractivity contribution in [1.29, 1.82) is 0 Å². The van der Waals surface area contributed by atoms with Gasteiger partial charge >= 0.3 is 0 Å². The van der Waals surface area contributed by atoms with Crippen molar-refractivity contribution in [3.63, 3.8) is 0 Å². The lowest BCUT2D eigenvalue weighted by Crippen LogP contribution is -2.09. The summed E-state index contributed by atoms with van der Waals surface area (Å²) in [5.41, 5.74) is 17.0. The zero-order valence-corrected chi connectivity index (χ0v) is 20.1. The van der Waals surface area contributed by atoms with Crippen LogP contribution in [-0.2, 0) is 6.42 Å².